The zero-order chi connectivity index (χ0) is 11.0. The second-order valence-corrected chi connectivity index (χ2v) is 3.85. The molecule has 0 aliphatic heterocycles. The molecule has 1 rings (SSSR count). The van der Waals surface area contributed by atoms with Crippen molar-refractivity contribution < 1.29 is 9.90 Å². The first-order valence-electron chi connectivity index (χ1n) is 3.97. The molecule has 0 fully saturated rings. The fourth-order valence-corrected chi connectivity index (χ4v) is 1.72. The van der Waals surface area contributed by atoms with E-state index in [4.69, 9.17) is 5.11 Å². The van der Waals surface area contributed by atoms with Gasteiger partial charge in [0.25, 0.3) is 0 Å². The summed E-state index contributed by atoms with van der Waals surface area (Å²) in [4.78, 5) is 22.4. The van der Waals surface area contributed by atoms with Crippen LogP contribution >= 0.6 is 15.9 Å². The minimum absolute atomic E-state index is 0.176. The lowest BCUT2D eigenvalue weighted by Crippen LogP contribution is -2.23. The molecule has 0 aliphatic rings. The molecule has 0 bridgehead atoms. The Morgan fingerprint density at radius 2 is 1.86 bits per heavy atom. The monoisotopic (exact) mass is 259 g/mol. The topological polar surface area (TPSA) is 59.3 Å². The van der Waals surface area contributed by atoms with Crippen molar-refractivity contribution in [2.24, 2.45) is 7.05 Å². The molecule has 0 saturated carbocycles. The molecule has 1 aromatic heterocycles. The van der Waals surface area contributed by atoms with Gasteiger partial charge >= 0.3 is 5.97 Å². The Hall–Kier alpha value is -1.10. The Balaban J connectivity index is 3.78. The third kappa shape index (κ3) is 1.48. The zero-order valence-corrected chi connectivity index (χ0v) is 9.67. The average Bonchev–Trinajstić information content (AvgIpc) is 2.11. The van der Waals surface area contributed by atoms with Gasteiger partial charge in [-0.15, -0.1) is 0 Å². The third-order valence-electron chi connectivity index (χ3n) is 2.33. The van der Waals surface area contributed by atoms with Crippen molar-refractivity contribution in [2.45, 2.75) is 13.8 Å². The van der Waals surface area contributed by atoms with Gasteiger partial charge in [-0.3, -0.25) is 4.79 Å². The maximum absolute atomic E-state index is 11.6. The van der Waals surface area contributed by atoms with Crippen LogP contribution in [0.2, 0.25) is 0 Å². The van der Waals surface area contributed by atoms with E-state index >= 15 is 0 Å². The van der Waals surface area contributed by atoms with Crippen molar-refractivity contribution in [3.63, 3.8) is 0 Å². The van der Waals surface area contributed by atoms with Crippen LogP contribution in [0.5, 0.6) is 0 Å². The molecular weight excluding hydrogens is 250 g/mol. The summed E-state index contributed by atoms with van der Waals surface area (Å²) in [6.45, 7) is 3.37. The minimum atomic E-state index is -1.19. The van der Waals surface area contributed by atoms with Gasteiger partial charge < -0.3 is 9.67 Å². The fraction of sp³-hybridized carbons (Fsp3) is 0.333. The summed E-state index contributed by atoms with van der Waals surface area (Å²) in [5.41, 5.74) is 0.538. The number of hydrogen-bond donors (Lipinski definition) is 1. The molecule has 0 saturated heterocycles. The summed E-state index contributed by atoms with van der Waals surface area (Å²) in [7, 11) is 1.72. The smallest absolute Gasteiger partial charge is 0.341 e. The van der Waals surface area contributed by atoms with E-state index in [1.165, 1.54) is 0 Å². The Morgan fingerprint density at radius 1 is 1.36 bits per heavy atom. The summed E-state index contributed by atoms with van der Waals surface area (Å²) in [6.07, 6.45) is 0. The molecule has 1 aromatic rings. The van der Waals surface area contributed by atoms with E-state index in [1.54, 1.807) is 25.5 Å². The van der Waals surface area contributed by atoms with Gasteiger partial charge in [0.2, 0.25) is 5.43 Å². The number of halogens is 1. The number of carboxylic acid groups (broad SMARTS) is 1. The fourth-order valence-electron chi connectivity index (χ4n) is 1.26. The summed E-state index contributed by atoms with van der Waals surface area (Å²) in [5.74, 6) is -1.19. The Kier molecular flexibility index (Phi) is 2.80. The highest BCUT2D eigenvalue weighted by Gasteiger charge is 2.18. The minimum Gasteiger partial charge on any atom is -0.477 e. The zero-order valence-electron chi connectivity index (χ0n) is 8.09. The van der Waals surface area contributed by atoms with E-state index in [0.29, 0.717) is 10.2 Å². The number of pyridine rings is 1. The maximum atomic E-state index is 11.6. The molecule has 0 aliphatic carbocycles. The Labute approximate surface area is 89.3 Å². The second-order valence-electron chi connectivity index (χ2n) is 3.05. The van der Waals surface area contributed by atoms with Crippen LogP contribution in [0.25, 0.3) is 0 Å². The van der Waals surface area contributed by atoms with Crippen molar-refractivity contribution >= 4 is 21.9 Å². The SMILES string of the molecule is Cc1c(Br)c(=O)c(C(=O)O)c(C)n1C. The lowest BCUT2D eigenvalue weighted by Gasteiger charge is -2.12. The van der Waals surface area contributed by atoms with Gasteiger partial charge in [0.1, 0.15) is 5.56 Å². The van der Waals surface area contributed by atoms with Crippen molar-refractivity contribution in [3.8, 4) is 0 Å². The summed E-state index contributed by atoms with van der Waals surface area (Å²) in [6, 6.07) is 0. The molecule has 0 atom stereocenters. The van der Waals surface area contributed by atoms with Crippen LogP contribution in [0.15, 0.2) is 9.27 Å². The number of rotatable bonds is 1. The Morgan fingerprint density at radius 3 is 2.29 bits per heavy atom. The predicted molar refractivity (Wildman–Crippen MR) is 55.8 cm³/mol. The summed E-state index contributed by atoms with van der Waals surface area (Å²) >= 11 is 3.09. The van der Waals surface area contributed by atoms with Crippen LogP contribution in [0.1, 0.15) is 21.7 Å². The van der Waals surface area contributed by atoms with Gasteiger partial charge in [-0.2, -0.15) is 0 Å². The normalized spacial score (nSPS) is 10.3. The number of carboxylic acids is 1. The molecule has 0 aromatic carbocycles. The number of hydrogen-bond acceptors (Lipinski definition) is 2. The molecule has 1 N–H and O–H groups in total. The van der Waals surface area contributed by atoms with Crippen molar-refractivity contribution in [2.75, 3.05) is 0 Å². The first-order chi connectivity index (χ1) is 6.37. The van der Waals surface area contributed by atoms with Crippen molar-refractivity contribution in [3.05, 3.63) is 31.6 Å². The van der Waals surface area contributed by atoms with E-state index in [1.807, 2.05) is 0 Å². The highest BCUT2D eigenvalue weighted by Crippen LogP contribution is 2.14. The Bertz CT molecular complexity index is 462. The van der Waals surface area contributed by atoms with Crippen LogP contribution in [0.4, 0.5) is 0 Å². The first kappa shape index (κ1) is 11.0. The maximum Gasteiger partial charge on any atom is 0.341 e. The lowest BCUT2D eigenvalue weighted by atomic mass is 10.1. The van der Waals surface area contributed by atoms with Crippen LogP contribution in [0, 0.1) is 13.8 Å². The molecule has 76 valence electrons. The summed E-state index contributed by atoms with van der Waals surface area (Å²) < 4.78 is 1.98. The van der Waals surface area contributed by atoms with E-state index < -0.39 is 11.4 Å². The molecule has 0 unspecified atom stereocenters. The standard InChI is InChI=1S/C9H10BrNO3/c1-4-6(9(13)14)8(12)7(10)5(2)11(4)3/h1-3H3,(H,13,14). The third-order valence-corrected chi connectivity index (χ3v) is 3.26. The molecule has 5 heteroatoms. The molecule has 0 amide bonds. The van der Waals surface area contributed by atoms with Gasteiger partial charge in [0.05, 0.1) is 4.47 Å². The van der Waals surface area contributed by atoms with Gasteiger partial charge in [0, 0.05) is 18.4 Å². The van der Waals surface area contributed by atoms with Crippen LogP contribution < -0.4 is 5.43 Å². The number of aromatic nitrogens is 1. The van der Waals surface area contributed by atoms with Crippen molar-refractivity contribution in [1.82, 2.24) is 4.57 Å². The quantitative estimate of drug-likeness (QED) is 0.831. The molecule has 4 nitrogen and oxygen atoms in total. The second kappa shape index (κ2) is 3.57. The van der Waals surface area contributed by atoms with E-state index in [9.17, 15) is 9.59 Å². The lowest BCUT2D eigenvalue weighted by molar-refractivity contribution is 0.0693. The molecular formula is C9H10BrNO3. The largest absolute Gasteiger partial charge is 0.477 e. The van der Waals surface area contributed by atoms with Crippen LogP contribution in [-0.2, 0) is 7.05 Å². The predicted octanol–water partition coefficient (Wildman–Crippen LogP) is 1.46. The molecule has 1 heterocycles. The van der Waals surface area contributed by atoms with Crippen LogP contribution in [0.3, 0.4) is 0 Å². The van der Waals surface area contributed by atoms with Crippen molar-refractivity contribution in [1.29, 1.82) is 0 Å². The highest BCUT2D eigenvalue weighted by atomic mass is 79.9. The van der Waals surface area contributed by atoms with Gasteiger partial charge in [-0.25, -0.2) is 4.79 Å². The first-order valence-corrected chi connectivity index (χ1v) is 4.76. The molecule has 0 radical (unpaired) electrons. The average molecular weight is 260 g/mol. The number of nitrogens with zero attached hydrogens (tertiary/aromatic N) is 1. The van der Waals surface area contributed by atoms with Gasteiger partial charge in [-0.05, 0) is 29.8 Å². The van der Waals surface area contributed by atoms with Gasteiger partial charge in [0.15, 0.2) is 0 Å². The number of carbonyl (C=O) groups is 1. The van der Waals surface area contributed by atoms with E-state index in [2.05, 4.69) is 15.9 Å². The number of aromatic carboxylic acids is 1. The van der Waals surface area contributed by atoms with E-state index in [0.717, 1.165) is 5.69 Å². The molecule has 0 spiro atoms. The van der Waals surface area contributed by atoms with Gasteiger partial charge in [-0.1, -0.05) is 0 Å². The van der Waals surface area contributed by atoms with E-state index in [-0.39, 0.29) is 5.56 Å². The van der Waals surface area contributed by atoms with Crippen LogP contribution in [-0.4, -0.2) is 15.6 Å². The highest BCUT2D eigenvalue weighted by molar-refractivity contribution is 9.10. The molecule has 14 heavy (non-hydrogen) atoms. The summed E-state index contributed by atoms with van der Waals surface area (Å²) in [5, 5.41) is 8.85.